The summed E-state index contributed by atoms with van der Waals surface area (Å²) in [5, 5.41) is 0. The highest BCUT2D eigenvalue weighted by Crippen LogP contribution is 2.57. The predicted octanol–water partition coefficient (Wildman–Crippen LogP) is 8.63. The van der Waals surface area contributed by atoms with Gasteiger partial charge in [-0.15, -0.1) is 0 Å². The Balaban J connectivity index is 1.56. The molecule has 0 N–H and O–H groups in total. The van der Waals surface area contributed by atoms with E-state index in [0.29, 0.717) is 5.78 Å². The van der Waals surface area contributed by atoms with Crippen molar-refractivity contribution in [1.29, 1.82) is 0 Å². The smallest absolute Gasteiger partial charge is 0.174 e. The van der Waals surface area contributed by atoms with Gasteiger partial charge < -0.3 is 9.80 Å². The van der Waals surface area contributed by atoms with Crippen LogP contribution in [0.1, 0.15) is 95.4 Å². The Labute approximate surface area is 240 Å². The van der Waals surface area contributed by atoms with Crippen LogP contribution in [-0.4, -0.2) is 24.9 Å². The minimum Gasteiger partial charge on any atom is -0.366 e. The molecule has 0 saturated heterocycles. The third-order valence-corrected chi connectivity index (χ3v) is 9.85. The van der Waals surface area contributed by atoms with E-state index < -0.39 is 0 Å². The van der Waals surface area contributed by atoms with Gasteiger partial charge in [0.1, 0.15) is 0 Å². The molecule has 0 aromatic heterocycles. The maximum absolute atomic E-state index is 15.1. The van der Waals surface area contributed by atoms with E-state index in [2.05, 4.69) is 124 Å². The number of Topliss-reactive ketones (excluding diaryl/α,β-unsaturated/α-hetero) is 1. The summed E-state index contributed by atoms with van der Waals surface area (Å²) in [6.07, 6.45) is 4.46. The van der Waals surface area contributed by atoms with Gasteiger partial charge in [-0.05, 0) is 47.2 Å². The average molecular weight is 533 g/mol. The molecule has 0 amide bonds. The number of nitrogens with zero attached hydrogens (tertiary/aromatic N) is 2. The van der Waals surface area contributed by atoms with Crippen molar-refractivity contribution in [3.05, 3.63) is 101 Å². The van der Waals surface area contributed by atoms with E-state index in [9.17, 15) is 0 Å². The summed E-state index contributed by atoms with van der Waals surface area (Å²) in [5.41, 5.74) is 9.30. The van der Waals surface area contributed by atoms with E-state index in [1.54, 1.807) is 0 Å². The van der Waals surface area contributed by atoms with Crippen molar-refractivity contribution in [3.8, 4) is 0 Å². The van der Waals surface area contributed by atoms with Crippen LogP contribution in [0.2, 0.25) is 0 Å². The molecule has 0 spiro atoms. The summed E-state index contributed by atoms with van der Waals surface area (Å²) in [6.45, 7) is 15.7. The summed E-state index contributed by atoms with van der Waals surface area (Å²) in [6, 6.07) is 26.4. The number of unbranched alkanes of at least 4 members (excludes halogenated alkanes) is 2. The lowest BCUT2D eigenvalue weighted by Gasteiger charge is -2.38. The number of hydrogen-bond donors (Lipinski definition) is 0. The molecule has 2 atom stereocenters. The average Bonchev–Trinajstić information content (AvgIpc) is 3.45. The molecule has 0 fully saturated rings. The van der Waals surface area contributed by atoms with Crippen LogP contribution in [-0.2, 0) is 15.6 Å². The zero-order chi connectivity index (χ0) is 28.2. The lowest BCUT2D eigenvalue weighted by molar-refractivity contribution is -0.115. The van der Waals surface area contributed by atoms with Crippen molar-refractivity contribution in [3.63, 3.8) is 0 Å². The summed E-state index contributed by atoms with van der Waals surface area (Å²) in [7, 11) is 0. The second-order valence-corrected chi connectivity index (χ2v) is 13.0. The number of benzene rings is 3. The number of carbonyl (C=O) groups excluding carboxylic acids is 1. The molecule has 1 aliphatic carbocycles. The standard InChI is InChI=1S/C37H44N2O/c1-7-9-23-38-29-21-15-13-19-27(29)36(3,4)34(38)31-25-17-11-12-18-26(25)32(33(31)40)35-37(5,6)28-20-14-16-22-30(28)39(35)24-10-8-2/h11-22,31,34H,7-10,23-24H2,1-6H3. The fourth-order valence-corrected chi connectivity index (χ4v) is 7.95. The number of fused-ring (bicyclic) bond motifs is 3. The molecule has 0 saturated carbocycles. The highest BCUT2D eigenvalue weighted by molar-refractivity contribution is 6.30. The van der Waals surface area contributed by atoms with Gasteiger partial charge in [-0.25, -0.2) is 0 Å². The van der Waals surface area contributed by atoms with Crippen molar-refractivity contribution >= 4 is 22.7 Å². The van der Waals surface area contributed by atoms with Crippen LogP contribution in [0.15, 0.2) is 78.5 Å². The van der Waals surface area contributed by atoms with E-state index in [0.717, 1.165) is 49.9 Å². The number of allylic oxidation sites excluding steroid dienone is 2. The summed E-state index contributed by atoms with van der Waals surface area (Å²) < 4.78 is 0. The number of hydrogen-bond acceptors (Lipinski definition) is 3. The van der Waals surface area contributed by atoms with Crippen molar-refractivity contribution in [2.75, 3.05) is 22.9 Å². The first kappa shape index (κ1) is 26.9. The Morgan fingerprint density at radius 1 is 0.725 bits per heavy atom. The fraction of sp³-hybridized carbons (Fsp3) is 0.432. The highest BCUT2D eigenvalue weighted by Gasteiger charge is 2.55. The lowest BCUT2D eigenvalue weighted by Crippen LogP contribution is -2.47. The maximum atomic E-state index is 15.1. The Morgan fingerprint density at radius 2 is 1.32 bits per heavy atom. The Kier molecular flexibility index (Phi) is 6.68. The minimum absolute atomic E-state index is 0.0687. The van der Waals surface area contributed by atoms with Gasteiger partial charge in [0.2, 0.25) is 0 Å². The highest BCUT2D eigenvalue weighted by atomic mass is 16.1. The quantitative estimate of drug-likeness (QED) is 0.285. The molecule has 3 aromatic rings. The Bertz CT molecular complexity index is 1480. The number of para-hydroxylation sites is 2. The molecule has 208 valence electrons. The van der Waals surface area contributed by atoms with Crippen molar-refractivity contribution in [1.82, 2.24) is 0 Å². The number of anilines is 2. The zero-order valence-corrected chi connectivity index (χ0v) is 25.1. The van der Waals surface area contributed by atoms with Crippen LogP contribution in [0.5, 0.6) is 0 Å². The van der Waals surface area contributed by atoms with Crippen LogP contribution >= 0.6 is 0 Å². The van der Waals surface area contributed by atoms with E-state index in [-0.39, 0.29) is 22.8 Å². The predicted molar refractivity (Wildman–Crippen MR) is 168 cm³/mol. The second kappa shape index (κ2) is 9.94. The normalized spacial score (nSPS) is 23.9. The van der Waals surface area contributed by atoms with Gasteiger partial charge in [0.05, 0.1) is 12.0 Å². The molecule has 6 rings (SSSR count). The molecule has 3 aliphatic rings. The molecule has 40 heavy (non-hydrogen) atoms. The molecule has 0 radical (unpaired) electrons. The first-order valence-electron chi connectivity index (χ1n) is 15.4. The summed E-state index contributed by atoms with van der Waals surface area (Å²) >= 11 is 0. The maximum Gasteiger partial charge on any atom is 0.174 e. The van der Waals surface area contributed by atoms with E-state index in [4.69, 9.17) is 0 Å². The number of rotatable bonds is 7. The Hall–Kier alpha value is -3.33. The third-order valence-electron chi connectivity index (χ3n) is 9.85. The van der Waals surface area contributed by atoms with Crippen molar-refractivity contribution in [2.24, 2.45) is 0 Å². The minimum atomic E-state index is -0.257. The third kappa shape index (κ3) is 3.80. The second-order valence-electron chi connectivity index (χ2n) is 13.0. The molecule has 3 nitrogen and oxygen atoms in total. The SMILES string of the molecule is CCCCN1C(=C2C(=O)C(C3N(CCCC)c4ccccc4C3(C)C)c3ccccc32)C(C)(C)c2ccccc21. The van der Waals surface area contributed by atoms with Crippen LogP contribution in [0.25, 0.3) is 5.57 Å². The molecule has 2 unspecified atom stereocenters. The van der Waals surface area contributed by atoms with E-state index in [1.165, 1.54) is 33.8 Å². The number of ketones is 1. The van der Waals surface area contributed by atoms with E-state index in [1.807, 2.05) is 0 Å². The lowest BCUT2D eigenvalue weighted by atomic mass is 9.72. The number of carbonyl (C=O) groups is 1. The Morgan fingerprint density at radius 3 is 2.05 bits per heavy atom. The zero-order valence-electron chi connectivity index (χ0n) is 25.1. The van der Waals surface area contributed by atoms with Crippen LogP contribution in [0.3, 0.4) is 0 Å². The van der Waals surface area contributed by atoms with Crippen LogP contribution in [0, 0.1) is 0 Å². The monoisotopic (exact) mass is 532 g/mol. The van der Waals surface area contributed by atoms with Crippen LogP contribution in [0.4, 0.5) is 11.4 Å². The first-order valence-corrected chi connectivity index (χ1v) is 15.4. The molecule has 2 aliphatic heterocycles. The summed E-state index contributed by atoms with van der Waals surface area (Å²) in [4.78, 5) is 20.2. The molecular weight excluding hydrogens is 488 g/mol. The van der Waals surface area contributed by atoms with Crippen molar-refractivity contribution in [2.45, 2.75) is 90.0 Å². The molecule has 2 heterocycles. The van der Waals surface area contributed by atoms with Gasteiger partial charge in [0.25, 0.3) is 0 Å². The van der Waals surface area contributed by atoms with Gasteiger partial charge in [-0.2, -0.15) is 0 Å². The largest absolute Gasteiger partial charge is 0.366 e. The van der Waals surface area contributed by atoms with Gasteiger partial charge in [-0.1, -0.05) is 115 Å². The molecule has 0 bridgehead atoms. The van der Waals surface area contributed by atoms with Gasteiger partial charge in [0, 0.05) is 46.6 Å². The topological polar surface area (TPSA) is 23.6 Å². The van der Waals surface area contributed by atoms with Gasteiger partial charge in [-0.3, -0.25) is 4.79 Å². The first-order chi connectivity index (χ1) is 19.2. The molecular formula is C37H44N2O. The molecule has 3 aromatic carbocycles. The molecule has 3 heteroatoms. The van der Waals surface area contributed by atoms with Gasteiger partial charge in [0.15, 0.2) is 5.78 Å². The van der Waals surface area contributed by atoms with E-state index >= 15 is 4.79 Å². The summed E-state index contributed by atoms with van der Waals surface area (Å²) in [5.74, 6) is 0.0939. The van der Waals surface area contributed by atoms with Gasteiger partial charge >= 0.3 is 0 Å². The fourth-order valence-electron chi connectivity index (χ4n) is 7.95. The van der Waals surface area contributed by atoms with Crippen molar-refractivity contribution < 1.29 is 4.79 Å². The van der Waals surface area contributed by atoms with Crippen LogP contribution < -0.4 is 9.80 Å².